The summed E-state index contributed by atoms with van der Waals surface area (Å²) in [5.41, 5.74) is 0.352. The minimum Gasteiger partial charge on any atom is -0.348 e. The number of hydrogen-bond acceptors (Lipinski definition) is 3. The second-order valence-electron chi connectivity index (χ2n) is 10.2. The summed E-state index contributed by atoms with van der Waals surface area (Å²) < 4.78 is 0. The van der Waals surface area contributed by atoms with Gasteiger partial charge in [0.1, 0.15) is 0 Å². The Kier molecular flexibility index (Phi) is 5.74. The smallest absolute Gasteiger partial charge is 0.254 e. The van der Waals surface area contributed by atoms with Gasteiger partial charge in [0, 0.05) is 44.2 Å². The number of carbonyl (C=O) groups is 3. The number of fused-ring (bicyclic) bond motifs is 1. The van der Waals surface area contributed by atoms with Crippen LogP contribution in [0.2, 0.25) is 0 Å². The number of nitrogens with zero attached hydrogens (tertiary/aromatic N) is 3. The number of hydrogen-bond donors (Lipinski definition) is 0. The monoisotopic (exact) mass is 413 g/mol. The lowest BCUT2D eigenvalue weighted by Crippen LogP contribution is -2.67. The lowest BCUT2D eigenvalue weighted by molar-refractivity contribution is -0.144. The predicted octanol–water partition coefficient (Wildman–Crippen LogP) is 3.13. The van der Waals surface area contributed by atoms with Crippen LogP contribution >= 0.6 is 0 Å². The predicted molar refractivity (Wildman–Crippen MR) is 117 cm³/mol. The van der Waals surface area contributed by atoms with Gasteiger partial charge in [-0.3, -0.25) is 14.4 Å². The summed E-state index contributed by atoms with van der Waals surface area (Å²) in [7, 11) is 3.54. The molecule has 3 amide bonds. The maximum absolute atomic E-state index is 13.6. The summed E-state index contributed by atoms with van der Waals surface area (Å²) in [6.07, 6.45) is 1.19. The van der Waals surface area contributed by atoms with Crippen LogP contribution in [0.5, 0.6) is 0 Å². The van der Waals surface area contributed by atoms with E-state index in [1.165, 1.54) is 0 Å². The lowest BCUT2D eigenvalue weighted by Gasteiger charge is -2.57. The largest absolute Gasteiger partial charge is 0.348 e. The van der Waals surface area contributed by atoms with Crippen LogP contribution in [-0.4, -0.2) is 71.2 Å². The van der Waals surface area contributed by atoms with E-state index in [1.807, 2.05) is 68.7 Å². The molecule has 6 nitrogen and oxygen atoms in total. The number of benzene rings is 1. The Hall–Kier alpha value is -2.37. The second kappa shape index (κ2) is 7.71. The van der Waals surface area contributed by atoms with E-state index >= 15 is 0 Å². The zero-order valence-electron chi connectivity index (χ0n) is 19.4. The molecule has 2 aliphatic heterocycles. The van der Waals surface area contributed by atoms with E-state index in [0.29, 0.717) is 31.5 Å². The van der Waals surface area contributed by atoms with Crippen molar-refractivity contribution in [3.63, 3.8) is 0 Å². The van der Waals surface area contributed by atoms with Gasteiger partial charge in [-0.25, -0.2) is 0 Å². The van der Waals surface area contributed by atoms with Gasteiger partial charge in [-0.05, 0) is 38.3 Å². The first kappa shape index (κ1) is 22.3. The zero-order chi connectivity index (χ0) is 22.4. The second-order valence-corrected chi connectivity index (χ2v) is 10.2. The van der Waals surface area contributed by atoms with Crippen molar-refractivity contribution in [3.05, 3.63) is 35.4 Å². The van der Waals surface area contributed by atoms with Crippen molar-refractivity contribution in [2.24, 2.45) is 5.41 Å². The van der Waals surface area contributed by atoms with Crippen LogP contribution in [0.15, 0.2) is 24.3 Å². The van der Waals surface area contributed by atoms with Gasteiger partial charge in [0.25, 0.3) is 5.91 Å². The number of likely N-dealkylation sites (tertiary alicyclic amines) is 1. The van der Waals surface area contributed by atoms with Gasteiger partial charge in [0.05, 0.1) is 11.5 Å². The topological polar surface area (TPSA) is 60.9 Å². The molecule has 0 aliphatic carbocycles. The summed E-state index contributed by atoms with van der Waals surface area (Å²) in [4.78, 5) is 45.4. The Balaban J connectivity index is 2.11. The van der Waals surface area contributed by atoms with E-state index in [0.717, 1.165) is 5.56 Å². The Morgan fingerprint density at radius 2 is 1.67 bits per heavy atom. The normalized spacial score (nSPS) is 21.1. The van der Waals surface area contributed by atoms with Crippen molar-refractivity contribution in [3.8, 4) is 0 Å². The number of piperidine rings is 1. The Morgan fingerprint density at radius 3 is 2.17 bits per heavy atom. The van der Waals surface area contributed by atoms with Gasteiger partial charge in [-0.1, -0.05) is 39.0 Å². The van der Waals surface area contributed by atoms with Crippen molar-refractivity contribution in [1.29, 1.82) is 0 Å². The molecule has 1 unspecified atom stereocenters. The van der Waals surface area contributed by atoms with Crippen LogP contribution < -0.4 is 0 Å². The molecule has 2 aliphatic rings. The van der Waals surface area contributed by atoms with E-state index in [9.17, 15) is 14.4 Å². The summed E-state index contributed by atoms with van der Waals surface area (Å²) in [6.45, 7) is 10.9. The molecule has 30 heavy (non-hydrogen) atoms. The first-order valence-corrected chi connectivity index (χ1v) is 10.8. The van der Waals surface area contributed by atoms with Crippen LogP contribution in [-0.2, 0) is 9.59 Å². The fourth-order valence-corrected chi connectivity index (χ4v) is 5.17. The summed E-state index contributed by atoms with van der Waals surface area (Å²) in [6, 6.07) is 7.46. The molecule has 2 heterocycles. The van der Waals surface area contributed by atoms with Gasteiger partial charge in [0.15, 0.2) is 0 Å². The third kappa shape index (κ3) is 3.50. The highest BCUT2D eigenvalue weighted by atomic mass is 16.2. The molecule has 1 fully saturated rings. The lowest BCUT2D eigenvalue weighted by atomic mass is 9.66. The van der Waals surface area contributed by atoms with Gasteiger partial charge < -0.3 is 14.7 Å². The third-order valence-electron chi connectivity index (χ3n) is 6.50. The minimum absolute atomic E-state index is 0.0104. The molecule has 0 N–H and O–H groups in total. The molecule has 164 valence electrons. The van der Waals surface area contributed by atoms with E-state index in [4.69, 9.17) is 0 Å². The van der Waals surface area contributed by atoms with Crippen LogP contribution in [0.4, 0.5) is 0 Å². The molecule has 0 radical (unpaired) electrons. The Bertz CT molecular complexity index is 845. The summed E-state index contributed by atoms with van der Waals surface area (Å²) in [5, 5.41) is 0. The van der Waals surface area contributed by atoms with Gasteiger partial charge in [0.2, 0.25) is 11.8 Å². The van der Waals surface area contributed by atoms with E-state index < -0.39 is 16.9 Å². The average molecular weight is 414 g/mol. The first-order chi connectivity index (χ1) is 13.9. The van der Waals surface area contributed by atoms with Gasteiger partial charge >= 0.3 is 0 Å². The van der Waals surface area contributed by atoms with Gasteiger partial charge in [-0.15, -0.1) is 0 Å². The van der Waals surface area contributed by atoms with Crippen LogP contribution in [0.25, 0.3) is 0 Å². The van der Waals surface area contributed by atoms with Gasteiger partial charge in [-0.2, -0.15) is 0 Å². The fourth-order valence-electron chi connectivity index (χ4n) is 5.17. The van der Waals surface area contributed by atoms with Crippen LogP contribution in [0, 0.1) is 5.41 Å². The molecular weight excluding hydrogens is 378 g/mol. The molecule has 0 bridgehead atoms. The zero-order valence-corrected chi connectivity index (χ0v) is 19.4. The van der Waals surface area contributed by atoms with Crippen molar-refractivity contribution < 1.29 is 14.4 Å². The fraction of sp³-hybridized carbons (Fsp3) is 0.625. The standard InChI is InChI=1S/C24H35N3O3/c1-16(2)27-20(28)18-11-9-8-10-17(18)19(21(29)25(6)7)24(27)12-14-26(15-13-24)22(30)23(3,4)5/h8-11,16,19H,12-15H2,1-7H3. The quantitative estimate of drug-likeness (QED) is 0.748. The van der Waals surface area contributed by atoms with E-state index in [2.05, 4.69) is 0 Å². The highest BCUT2D eigenvalue weighted by molar-refractivity contribution is 6.02. The highest BCUT2D eigenvalue weighted by Gasteiger charge is 2.57. The Labute approximate surface area is 180 Å². The van der Waals surface area contributed by atoms with E-state index in [1.54, 1.807) is 19.0 Å². The first-order valence-electron chi connectivity index (χ1n) is 10.8. The summed E-state index contributed by atoms with van der Waals surface area (Å²) in [5.74, 6) is -0.322. The highest BCUT2D eigenvalue weighted by Crippen LogP contribution is 2.48. The molecule has 1 aromatic carbocycles. The molecule has 3 rings (SSSR count). The van der Waals surface area contributed by atoms with Crippen molar-refractivity contribution in [2.45, 2.75) is 65.0 Å². The van der Waals surface area contributed by atoms with Crippen LogP contribution in [0.1, 0.15) is 69.3 Å². The number of amides is 3. The van der Waals surface area contributed by atoms with Crippen molar-refractivity contribution in [2.75, 3.05) is 27.2 Å². The molecule has 0 aromatic heterocycles. The van der Waals surface area contributed by atoms with E-state index in [-0.39, 0.29) is 23.8 Å². The van der Waals surface area contributed by atoms with Crippen molar-refractivity contribution >= 4 is 17.7 Å². The molecule has 1 aromatic rings. The number of carbonyl (C=O) groups excluding carboxylic acids is 3. The molecular formula is C24H35N3O3. The SMILES string of the molecule is CC(C)N1C(=O)c2ccccc2C(C(=O)N(C)C)C12CCN(C(=O)C(C)(C)C)CC2. The number of rotatable bonds is 2. The third-order valence-corrected chi connectivity index (χ3v) is 6.50. The minimum atomic E-state index is -0.629. The van der Waals surface area contributed by atoms with Crippen LogP contribution in [0.3, 0.4) is 0 Å². The molecule has 1 spiro atoms. The molecule has 1 saturated heterocycles. The molecule has 6 heteroatoms. The molecule has 1 atom stereocenters. The maximum Gasteiger partial charge on any atom is 0.254 e. The maximum atomic E-state index is 13.6. The Morgan fingerprint density at radius 1 is 1.10 bits per heavy atom. The van der Waals surface area contributed by atoms with Crippen molar-refractivity contribution in [1.82, 2.24) is 14.7 Å². The summed E-state index contributed by atoms with van der Waals surface area (Å²) >= 11 is 0. The molecule has 0 saturated carbocycles. The average Bonchev–Trinajstić information content (AvgIpc) is 2.67. The number of likely N-dealkylation sites (N-methyl/N-ethyl adjacent to an activating group) is 1.